The highest BCUT2D eigenvalue weighted by molar-refractivity contribution is 7.93. The molecule has 0 radical (unpaired) electrons. The van der Waals surface area contributed by atoms with Crippen LogP contribution in [0.15, 0.2) is 16.3 Å². The van der Waals surface area contributed by atoms with Crippen molar-refractivity contribution >= 4 is 33.2 Å². The van der Waals surface area contributed by atoms with Crippen LogP contribution in [-0.2, 0) is 21.2 Å². The molecule has 1 saturated heterocycles. The molecule has 0 aliphatic carbocycles. The summed E-state index contributed by atoms with van der Waals surface area (Å²) >= 11 is 1.14. The predicted octanol–water partition coefficient (Wildman–Crippen LogP) is 1.55. The average molecular weight is 360 g/mol. The van der Waals surface area contributed by atoms with Gasteiger partial charge >= 0.3 is 12.0 Å². The van der Waals surface area contributed by atoms with Crippen molar-refractivity contribution in [1.29, 1.82) is 0 Å². The first kappa shape index (κ1) is 17.7. The Bertz CT molecular complexity index is 683. The molecule has 0 bridgehead atoms. The number of carbonyl (C=O) groups is 2. The lowest BCUT2D eigenvalue weighted by molar-refractivity contribution is -0.143. The van der Waals surface area contributed by atoms with Gasteiger partial charge < -0.3 is 15.3 Å². The standard InChI is InChI=1S/C14H20N2O5S2/c1-2-23(20,21)12-6-5-11(22-12)8-15-14(19)16-7-3-4-10(9-16)13(17)18/h5-6,10H,2-4,7-9H2,1H3,(H,15,19)(H,17,18). The van der Waals surface area contributed by atoms with E-state index < -0.39 is 21.7 Å². The number of urea groups is 1. The highest BCUT2D eigenvalue weighted by Gasteiger charge is 2.28. The van der Waals surface area contributed by atoms with Gasteiger partial charge in [0.25, 0.3) is 0 Å². The molecule has 1 atom stereocenters. The number of hydrogen-bond acceptors (Lipinski definition) is 5. The lowest BCUT2D eigenvalue weighted by Gasteiger charge is -2.30. The monoisotopic (exact) mass is 360 g/mol. The molecule has 1 aromatic heterocycles. The van der Waals surface area contributed by atoms with Gasteiger partial charge in [0.1, 0.15) is 4.21 Å². The van der Waals surface area contributed by atoms with Crippen molar-refractivity contribution in [2.45, 2.75) is 30.5 Å². The minimum Gasteiger partial charge on any atom is -0.481 e. The zero-order valence-electron chi connectivity index (χ0n) is 12.8. The SMILES string of the molecule is CCS(=O)(=O)c1ccc(CNC(=O)N2CCCC(C(=O)O)C2)s1. The summed E-state index contributed by atoms with van der Waals surface area (Å²) in [4.78, 5) is 25.4. The van der Waals surface area contributed by atoms with E-state index in [9.17, 15) is 18.0 Å². The van der Waals surface area contributed by atoms with Crippen LogP contribution < -0.4 is 5.32 Å². The van der Waals surface area contributed by atoms with Gasteiger partial charge in [-0.2, -0.15) is 0 Å². The minimum absolute atomic E-state index is 0.0453. The lowest BCUT2D eigenvalue weighted by atomic mass is 9.99. The van der Waals surface area contributed by atoms with Crippen LogP contribution in [0, 0.1) is 5.92 Å². The number of hydrogen-bond donors (Lipinski definition) is 2. The van der Waals surface area contributed by atoms with Gasteiger partial charge in [-0.25, -0.2) is 13.2 Å². The summed E-state index contributed by atoms with van der Waals surface area (Å²) in [5.41, 5.74) is 0. The fraction of sp³-hybridized carbons (Fsp3) is 0.571. The number of rotatable bonds is 5. The maximum Gasteiger partial charge on any atom is 0.317 e. The molecule has 1 fully saturated rings. The number of piperidine rings is 1. The Morgan fingerprint density at radius 1 is 1.43 bits per heavy atom. The van der Waals surface area contributed by atoms with Gasteiger partial charge in [0, 0.05) is 18.0 Å². The Morgan fingerprint density at radius 2 is 2.17 bits per heavy atom. The van der Waals surface area contributed by atoms with E-state index in [-0.39, 0.29) is 24.9 Å². The molecule has 1 aromatic rings. The molecular weight excluding hydrogens is 340 g/mol. The number of amides is 2. The normalized spacial score (nSPS) is 18.7. The molecule has 128 valence electrons. The summed E-state index contributed by atoms with van der Waals surface area (Å²) in [6.07, 6.45) is 1.25. The van der Waals surface area contributed by atoms with Crippen LogP contribution in [-0.4, -0.2) is 49.3 Å². The van der Waals surface area contributed by atoms with Gasteiger partial charge in [0.2, 0.25) is 0 Å². The Labute approximate surface area is 139 Å². The second kappa shape index (κ2) is 7.31. The smallest absolute Gasteiger partial charge is 0.317 e. The van der Waals surface area contributed by atoms with Crippen LogP contribution in [0.1, 0.15) is 24.6 Å². The molecule has 23 heavy (non-hydrogen) atoms. The van der Waals surface area contributed by atoms with Crippen molar-refractivity contribution in [3.63, 3.8) is 0 Å². The molecule has 2 amide bonds. The summed E-state index contributed by atoms with van der Waals surface area (Å²) in [5.74, 6) is -1.35. The third-order valence-electron chi connectivity index (χ3n) is 3.80. The van der Waals surface area contributed by atoms with E-state index in [1.165, 1.54) is 4.90 Å². The van der Waals surface area contributed by atoms with Crippen LogP contribution in [0.2, 0.25) is 0 Å². The number of likely N-dealkylation sites (tertiary alicyclic amines) is 1. The van der Waals surface area contributed by atoms with Gasteiger partial charge in [-0.1, -0.05) is 6.92 Å². The van der Waals surface area contributed by atoms with Crippen molar-refractivity contribution < 1.29 is 23.1 Å². The minimum atomic E-state index is -3.22. The molecular formula is C14H20N2O5S2. The molecule has 1 unspecified atom stereocenters. The van der Waals surface area contributed by atoms with Gasteiger partial charge in [0.05, 0.1) is 18.2 Å². The van der Waals surface area contributed by atoms with Crippen LogP contribution in [0.5, 0.6) is 0 Å². The number of carboxylic acids is 1. The van der Waals surface area contributed by atoms with E-state index in [1.54, 1.807) is 19.1 Å². The first-order valence-corrected chi connectivity index (χ1v) is 9.87. The van der Waals surface area contributed by atoms with Crippen molar-refractivity contribution in [1.82, 2.24) is 10.2 Å². The summed E-state index contributed by atoms with van der Waals surface area (Å²) in [6, 6.07) is 2.92. The Hall–Kier alpha value is -1.61. The van der Waals surface area contributed by atoms with Crippen molar-refractivity contribution in [3.05, 3.63) is 17.0 Å². The van der Waals surface area contributed by atoms with E-state index in [0.717, 1.165) is 16.2 Å². The van der Waals surface area contributed by atoms with E-state index in [0.29, 0.717) is 23.6 Å². The highest BCUT2D eigenvalue weighted by atomic mass is 32.2. The third kappa shape index (κ3) is 4.44. The fourth-order valence-corrected chi connectivity index (χ4v) is 4.82. The van der Waals surface area contributed by atoms with Crippen LogP contribution in [0.3, 0.4) is 0 Å². The summed E-state index contributed by atoms with van der Waals surface area (Å²) in [7, 11) is -3.22. The molecule has 2 heterocycles. The van der Waals surface area contributed by atoms with E-state index in [2.05, 4.69) is 5.32 Å². The molecule has 1 aliphatic heterocycles. The Morgan fingerprint density at radius 3 is 2.83 bits per heavy atom. The largest absolute Gasteiger partial charge is 0.481 e. The number of thiophene rings is 1. The summed E-state index contributed by atoms with van der Waals surface area (Å²) in [5, 5.41) is 11.8. The summed E-state index contributed by atoms with van der Waals surface area (Å²) < 4.78 is 23.8. The van der Waals surface area contributed by atoms with E-state index in [1.807, 2.05) is 0 Å². The van der Waals surface area contributed by atoms with Gasteiger partial charge in [-0.05, 0) is 25.0 Å². The zero-order valence-corrected chi connectivity index (χ0v) is 14.5. The number of carbonyl (C=O) groups excluding carboxylic acids is 1. The van der Waals surface area contributed by atoms with Gasteiger partial charge in [0.15, 0.2) is 9.84 Å². The van der Waals surface area contributed by atoms with Gasteiger partial charge in [-0.3, -0.25) is 4.79 Å². The average Bonchev–Trinajstić information content (AvgIpc) is 3.02. The molecule has 2 rings (SSSR count). The predicted molar refractivity (Wildman–Crippen MR) is 86.2 cm³/mol. The molecule has 7 nitrogen and oxygen atoms in total. The van der Waals surface area contributed by atoms with Crippen LogP contribution >= 0.6 is 11.3 Å². The topological polar surface area (TPSA) is 104 Å². The molecule has 1 aliphatic rings. The number of nitrogens with one attached hydrogen (secondary N) is 1. The van der Waals surface area contributed by atoms with Crippen LogP contribution in [0.4, 0.5) is 4.79 Å². The molecule has 2 N–H and O–H groups in total. The zero-order chi connectivity index (χ0) is 17.0. The van der Waals surface area contributed by atoms with Gasteiger partial charge in [-0.15, -0.1) is 11.3 Å². The number of nitrogens with zero attached hydrogens (tertiary/aromatic N) is 1. The molecule has 9 heteroatoms. The maximum atomic E-state index is 12.1. The number of carboxylic acid groups (broad SMARTS) is 1. The lowest BCUT2D eigenvalue weighted by Crippen LogP contribution is -2.46. The van der Waals surface area contributed by atoms with Crippen molar-refractivity contribution in [2.24, 2.45) is 5.92 Å². The van der Waals surface area contributed by atoms with Crippen molar-refractivity contribution in [3.8, 4) is 0 Å². The second-order valence-corrected chi connectivity index (χ2v) is 9.08. The Kier molecular flexibility index (Phi) is 5.64. The quantitative estimate of drug-likeness (QED) is 0.829. The second-order valence-electron chi connectivity index (χ2n) is 5.41. The molecule has 0 aromatic carbocycles. The van der Waals surface area contributed by atoms with E-state index in [4.69, 9.17) is 5.11 Å². The first-order chi connectivity index (χ1) is 10.8. The highest BCUT2D eigenvalue weighted by Crippen LogP contribution is 2.23. The van der Waals surface area contributed by atoms with E-state index >= 15 is 0 Å². The first-order valence-electron chi connectivity index (χ1n) is 7.40. The van der Waals surface area contributed by atoms with Crippen LogP contribution in [0.25, 0.3) is 0 Å². The summed E-state index contributed by atoms with van der Waals surface area (Å²) in [6.45, 7) is 2.57. The third-order valence-corrected chi connectivity index (χ3v) is 7.20. The Balaban J connectivity index is 1.91. The number of aliphatic carboxylic acids is 1. The number of sulfone groups is 1. The van der Waals surface area contributed by atoms with Crippen molar-refractivity contribution in [2.75, 3.05) is 18.8 Å². The molecule has 0 spiro atoms. The maximum absolute atomic E-state index is 12.1. The fourth-order valence-electron chi connectivity index (χ4n) is 2.40. The molecule has 0 saturated carbocycles.